The van der Waals surface area contributed by atoms with Crippen LogP contribution in [0, 0.1) is 0 Å². The van der Waals surface area contributed by atoms with Crippen LogP contribution in [0.1, 0.15) is 23.2 Å². The molecule has 7 heteroatoms. The van der Waals surface area contributed by atoms with Crippen LogP contribution in [0.2, 0.25) is 5.02 Å². The van der Waals surface area contributed by atoms with Gasteiger partial charge in [0.25, 0.3) is 11.8 Å². The van der Waals surface area contributed by atoms with Crippen molar-refractivity contribution < 1.29 is 9.59 Å². The highest BCUT2D eigenvalue weighted by Gasteiger charge is 2.34. The first kappa shape index (κ1) is 14.3. The maximum absolute atomic E-state index is 12.4. The molecule has 1 fully saturated rings. The zero-order valence-electron chi connectivity index (χ0n) is 10.8. The first-order chi connectivity index (χ1) is 9.49. The van der Waals surface area contributed by atoms with E-state index in [0.29, 0.717) is 23.6 Å². The van der Waals surface area contributed by atoms with E-state index in [2.05, 4.69) is 4.99 Å². The Labute approximate surface area is 121 Å². The van der Waals surface area contributed by atoms with Crippen molar-refractivity contribution in [1.29, 1.82) is 0 Å². The number of hydrogen-bond donors (Lipinski definition) is 2. The fourth-order valence-corrected chi connectivity index (χ4v) is 2.35. The molecule has 0 saturated carbocycles. The molecule has 1 unspecified atom stereocenters. The van der Waals surface area contributed by atoms with Crippen LogP contribution in [0.3, 0.4) is 0 Å². The Balaban J connectivity index is 2.18. The van der Waals surface area contributed by atoms with Gasteiger partial charge in [-0.1, -0.05) is 11.6 Å². The number of benzene rings is 1. The fourth-order valence-electron chi connectivity index (χ4n) is 2.23. The van der Waals surface area contributed by atoms with E-state index in [-0.39, 0.29) is 11.9 Å². The van der Waals surface area contributed by atoms with Gasteiger partial charge in [0.15, 0.2) is 5.96 Å². The quantitative estimate of drug-likeness (QED) is 0.620. The summed E-state index contributed by atoms with van der Waals surface area (Å²) < 4.78 is 0. The molecule has 1 aromatic rings. The number of nitrogens with two attached hydrogens (primary N) is 2. The lowest BCUT2D eigenvalue weighted by Crippen LogP contribution is -2.41. The largest absolute Gasteiger partial charge is 0.370 e. The zero-order valence-corrected chi connectivity index (χ0v) is 11.5. The number of halogens is 1. The van der Waals surface area contributed by atoms with Gasteiger partial charge in [-0.3, -0.25) is 9.59 Å². The molecule has 6 nitrogen and oxygen atoms in total. The second-order valence-electron chi connectivity index (χ2n) is 4.54. The predicted octanol–water partition coefficient (Wildman–Crippen LogP) is 0.745. The van der Waals surface area contributed by atoms with E-state index in [1.807, 2.05) is 0 Å². The molecule has 0 spiro atoms. The Bertz CT molecular complexity index is 552. The molecule has 0 aromatic heterocycles. The van der Waals surface area contributed by atoms with Gasteiger partial charge in [0.2, 0.25) is 0 Å². The van der Waals surface area contributed by atoms with Crippen LogP contribution in [0.15, 0.2) is 29.3 Å². The predicted molar refractivity (Wildman–Crippen MR) is 76.3 cm³/mol. The van der Waals surface area contributed by atoms with Crippen LogP contribution in [0.4, 0.5) is 0 Å². The molecule has 1 aliphatic rings. The first-order valence-electron chi connectivity index (χ1n) is 6.19. The summed E-state index contributed by atoms with van der Waals surface area (Å²) >= 11 is 5.79. The third-order valence-electron chi connectivity index (χ3n) is 3.13. The number of carbonyl (C=O) groups is 2. The minimum Gasteiger partial charge on any atom is -0.370 e. The van der Waals surface area contributed by atoms with E-state index in [1.54, 1.807) is 24.3 Å². The van der Waals surface area contributed by atoms with Crippen LogP contribution in [-0.2, 0) is 4.79 Å². The molecule has 20 heavy (non-hydrogen) atoms. The molecule has 1 aromatic carbocycles. The molecular formula is C13H15ClN4O2. The Morgan fingerprint density at radius 2 is 1.90 bits per heavy atom. The number of rotatable bonds is 2. The van der Waals surface area contributed by atoms with E-state index in [9.17, 15) is 9.59 Å². The summed E-state index contributed by atoms with van der Waals surface area (Å²) in [6.45, 7) is 0.512. The highest BCUT2D eigenvalue weighted by atomic mass is 35.5. The molecule has 2 amide bonds. The fraction of sp³-hybridized carbons (Fsp3) is 0.308. The minimum absolute atomic E-state index is 0.219. The molecule has 1 atom stereocenters. The van der Waals surface area contributed by atoms with Crippen molar-refractivity contribution in [2.24, 2.45) is 16.5 Å². The van der Waals surface area contributed by atoms with Crippen LogP contribution >= 0.6 is 11.6 Å². The second-order valence-corrected chi connectivity index (χ2v) is 4.97. The molecule has 4 N–H and O–H groups in total. The highest BCUT2D eigenvalue weighted by molar-refractivity contribution is 6.30. The smallest absolute Gasteiger partial charge is 0.271 e. The number of nitrogens with zero attached hydrogens (tertiary/aromatic N) is 2. The van der Waals surface area contributed by atoms with Crippen molar-refractivity contribution in [3.05, 3.63) is 34.9 Å². The topological polar surface area (TPSA) is 102 Å². The van der Waals surface area contributed by atoms with Crippen molar-refractivity contribution in [3.8, 4) is 0 Å². The first-order valence-corrected chi connectivity index (χ1v) is 6.57. The van der Waals surface area contributed by atoms with E-state index in [0.717, 1.165) is 6.42 Å². The van der Waals surface area contributed by atoms with Gasteiger partial charge in [0.1, 0.15) is 6.04 Å². The van der Waals surface area contributed by atoms with Gasteiger partial charge in [-0.05, 0) is 37.1 Å². The number of likely N-dealkylation sites (tertiary alicyclic amines) is 1. The number of aliphatic imine (C=N–C) groups is 1. The van der Waals surface area contributed by atoms with Crippen molar-refractivity contribution >= 4 is 29.4 Å². The Morgan fingerprint density at radius 1 is 1.25 bits per heavy atom. The van der Waals surface area contributed by atoms with Gasteiger partial charge in [-0.15, -0.1) is 0 Å². The van der Waals surface area contributed by atoms with Crippen LogP contribution in [0.25, 0.3) is 0 Å². The normalized spacial score (nSPS) is 17.9. The highest BCUT2D eigenvalue weighted by Crippen LogP contribution is 2.22. The van der Waals surface area contributed by atoms with Gasteiger partial charge in [0.05, 0.1) is 0 Å². The number of guanidine groups is 1. The van der Waals surface area contributed by atoms with Gasteiger partial charge in [-0.2, -0.15) is 4.99 Å². The maximum Gasteiger partial charge on any atom is 0.271 e. The van der Waals surface area contributed by atoms with E-state index in [4.69, 9.17) is 23.1 Å². The summed E-state index contributed by atoms with van der Waals surface area (Å²) in [5.41, 5.74) is 10.9. The molecule has 1 aliphatic heterocycles. The number of hydrogen-bond acceptors (Lipinski definition) is 2. The standard InChI is InChI=1S/C13H15ClN4O2/c14-9-5-3-8(4-6-9)12(20)18-7-1-2-10(18)11(19)17-13(15)16/h3-6,10H,1-2,7H2,(H4,15,16,17,19). The third-order valence-corrected chi connectivity index (χ3v) is 3.38. The minimum atomic E-state index is -0.597. The molecule has 2 rings (SSSR count). The van der Waals surface area contributed by atoms with Crippen LogP contribution in [-0.4, -0.2) is 35.3 Å². The lowest BCUT2D eigenvalue weighted by Gasteiger charge is -2.22. The second kappa shape index (κ2) is 5.92. The summed E-state index contributed by atoms with van der Waals surface area (Å²) in [5, 5.41) is 0.552. The Kier molecular flexibility index (Phi) is 4.24. The van der Waals surface area contributed by atoms with Crippen molar-refractivity contribution in [1.82, 2.24) is 4.90 Å². The average molecular weight is 295 g/mol. The molecule has 0 aliphatic carbocycles. The van der Waals surface area contributed by atoms with E-state index >= 15 is 0 Å². The van der Waals surface area contributed by atoms with E-state index < -0.39 is 11.9 Å². The van der Waals surface area contributed by atoms with E-state index in [1.165, 1.54) is 4.90 Å². The summed E-state index contributed by atoms with van der Waals surface area (Å²) in [4.78, 5) is 29.3. The van der Waals surface area contributed by atoms with Gasteiger partial charge >= 0.3 is 0 Å². The summed E-state index contributed by atoms with van der Waals surface area (Å²) in [5.74, 6) is -0.992. The van der Waals surface area contributed by atoms with Crippen LogP contribution in [0.5, 0.6) is 0 Å². The summed E-state index contributed by atoms with van der Waals surface area (Å²) in [6, 6.07) is 5.94. The molecule has 1 heterocycles. The number of amides is 2. The summed E-state index contributed by atoms with van der Waals surface area (Å²) in [7, 11) is 0. The van der Waals surface area contributed by atoms with Gasteiger partial charge in [0, 0.05) is 17.1 Å². The van der Waals surface area contributed by atoms with Crippen molar-refractivity contribution in [3.63, 3.8) is 0 Å². The SMILES string of the molecule is NC(N)=NC(=O)C1CCCN1C(=O)c1ccc(Cl)cc1. The third kappa shape index (κ3) is 3.08. The zero-order chi connectivity index (χ0) is 14.7. The lowest BCUT2D eigenvalue weighted by molar-refractivity contribution is -0.121. The monoisotopic (exact) mass is 294 g/mol. The summed E-state index contributed by atoms with van der Waals surface area (Å²) in [6.07, 6.45) is 1.31. The van der Waals surface area contributed by atoms with Crippen molar-refractivity contribution in [2.75, 3.05) is 6.54 Å². The number of carbonyl (C=O) groups excluding carboxylic acids is 2. The van der Waals surface area contributed by atoms with Gasteiger partial charge < -0.3 is 16.4 Å². The van der Waals surface area contributed by atoms with Crippen molar-refractivity contribution in [2.45, 2.75) is 18.9 Å². The molecule has 0 bridgehead atoms. The van der Waals surface area contributed by atoms with Gasteiger partial charge in [-0.25, -0.2) is 0 Å². The van der Waals surface area contributed by atoms with Crippen LogP contribution < -0.4 is 11.5 Å². The molecule has 106 valence electrons. The molecule has 0 radical (unpaired) electrons. The molecular weight excluding hydrogens is 280 g/mol. The maximum atomic E-state index is 12.4. The molecule has 1 saturated heterocycles. The Hall–Kier alpha value is -2.08. The Morgan fingerprint density at radius 3 is 2.50 bits per heavy atom. The lowest BCUT2D eigenvalue weighted by atomic mass is 10.1. The average Bonchev–Trinajstić information content (AvgIpc) is 2.87.